The maximum atomic E-state index is 14.9. The van der Waals surface area contributed by atoms with Crippen LogP contribution in [-0.4, -0.2) is 100 Å². The second kappa shape index (κ2) is 25.8. The van der Waals surface area contributed by atoms with Crippen molar-refractivity contribution < 1.29 is 41.0 Å². The van der Waals surface area contributed by atoms with Gasteiger partial charge in [-0.3, -0.25) is 0 Å². The molecule has 0 aromatic heterocycles. The monoisotopic (exact) mass is 1050 g/mol. The van der Waals surface area contributed by atoms with Gasteiger partial charge in [-0.2, -0.15) is 0 Å². The van der Waals surface area contributed by atoms with Crippen molar-refractivity contribution in [3.05, 3.63) is 115 Å². The first kappa shape index (κ1) is 59.3. The fourth-order valence-electron chi connectivity index (χ4n) is 12.1. The lowest BCUT2D eigenvalue weighted by Gasteiger charge is -2.43. The standard InChI is InChI=1S/C58H92O9SSi3/c1-15-69(16-2,17-3)67-54-41-49(43-64-71(57(11,12)13,51-34-23-19-24-35-51)52-36-25-20-26-37-52)65-53(54)40-47(10)56(59)55(68(60,61)50-32-21-18-22-33-50)42-58(62-14)38-29-31-48(66-58)30-27-28-39-63-70(44(4)5,45(6)7)46(8)9/h18-27,29-37,44-49,53-56,59H,15-17,28,38-43H2,1-14H3/b30-27+/t47-,48-,49+,53-,54-,55?,56?,58-/m0/s1. The number of hydrogen-bond donors (Lipinski definition) is 1. The molecule has 13 heteroatoms. The summed E-state index contributed by atoms with van der Waals surface area (Å²) in [5.41, 5.74) is 1.50. The molecule has 3 aromatic rings. The number of benzene rings is 3. The van der Waals surface area contributed by atoms with Crippen molar-refractivity contribution in [3.63, 3.8) is 0 Å². The lowest BCUT2D eigenvalue weighted by molar-refractivity contribution is -0.239. The molecule has 2 heterocycles. The smallest absolute Gasteiger partial charge is 0.261 e. The molecule has 1 fully saturated rings. The molecule has 0 saturated carbocycles. The van der Waals surface area contributed by atoms with E-state index < -0.39 is 64.0 Å². The van der Waals surface area contributed by atoms with Gasteiger partial charge in [-0.05, 0) is 81.1 Å². The lowest BCUT2D eigenvalue weighted by Crippen LogP contribution is -2.67. The van der Waals surface area contributed by atoms with Gasteiger partial charge >= 0.3 is 0 Å². The zero-order valence-corrected chi connectivity index (χ0v) is 49.8. The van der Waals surface area contributed by atoms with Gasteiger partial charge in [-0.15, -0.1) is 0 Å². The lowest BCUT2D eigenvalue weighted by atomic mass is 9.90. The highest BCUT2D eigenvalue weighted by Gasteiger charge is 2.53. The Kier molecular flexibility index (Phi) is 21.6. The molecule has 0 bridgehead atoms. The highest BCUT2D eigenvalue weighted by molar-refractivity contribution is 7.92. The van der Waals surface area contributed by atoms with Crippen molar-refractivity contribution >= 4 is 45.2 Å². The fraction of sp³-hybridized carbons (Fsp3) is 0.621. The number of sulfone groups is 1. The minimum Gasteiger partial charge on any atom is -0.416 e. The normalized spacial score (nSPS) is 23.0. The number of ether oxygens (including phenoxy) is 3. The Hall–Kier alpha value is -2.54. The molecule has 9 nitrogen and oxygen atoms in total. The van der Waals surface area contributed by atoms with Gasteiger partial charge in [0.25, 0.3) is 8.32 Å². The molecule has 1 N–H and O–H groups in total. The molecule has 0 spiro atoms. The van der Waals surface area contributed by atoms with Gasteiger partial charge in [0.2, 0.25) is 0 Å². The van der Waals surface area contributed by atoms with Crippen LogP contribution in [0.25, 0.3) is 0 Å². The average Bonchev–Trinajstić information content (AvgIpc) is 3.73. The predicted octanol–water partition coefficient (Wildman–Crippen LogP) is 12.6. The number of methoxy groups -OCH3 is 1. The summed E-state index contributed by atoms with van der Waals surface area (Å²) in [5, 5.41) is 13.6. The molecular weight excluding hydrogens is 957 g/mol. The highest BCUT2D eigenvalue weighted by atomic mass is 32.2. The van der Waals surface area contributed by atoms with E-state index in [4.69, 9.17) is 27.5 Å². The molecule has 71 heavy (non-hydrogen) atoms. The molecule has 3 aromatic carbocycles. The molecule has 396 valence electrons. The van der Waals surface area contributed by atoms with Crippen LogP contribution in [0.4, 0.5) is 0 Å². The predicted molar refractivity (Wildman–Crippen MR) is 300 cm³/mol. The highest BCUT2D eigenvalue weighted by Crippen LogP contribution is 2.44. The second-order valence-corrected chi connectivity index (χ2v) is 39.1. The van der Waals surface area contributed by atoms with E-state index in [2.05, 4.69) is 150 Å². The van der Waals surface area contributed by atoms with Crippen molar-refractivity contribution in [1.29, 1.82) is 0 Å². The van der Waals surface area contributed by atoms with Gasteiger partial charge in [-0.1, -0.05) is 193 Å². The van der Waals surface area contributed by atoms with Crippen molar-refractivity contribution in [2.75, 3.05) is 20.3 Å². The maximum Gasteiger partial charge on any atom is 0.261 e. The van der Waals surface area contributed by atoms with Crippen LogP contribution in [-0.2, 0) is 37.3 Å². The van der Waals surface area contributed by atoms with E-state index in [-0.39, 0.29) is 34.7 Å². The fourth-order valence-corrected chi connectivity index (χ4v) is 27.1. The summed E-state index contributed by atoms with van der Waals surface area (Å²) >= 11 is 0. The Morgan fingerprint density at radius 3 is 1.83 bits per heavy atom. The van der Waals surface area contributed by atoms with E-state index in [0.717, 1.165) is 24.6 Å². The van der Waals surface area contributed by atoms with E-state index in [1.165, 1.54) is 10.4 Å². The van der Waals surface area contributed by atoms with Gasteiger partial charge in [0.05, 0.1) is 47.3 Å². The number of hydrogen-bond acceptors (Lipinski definition) is 9. The largest absolute Gasteiger partial charge is 0.416 e. The SMILES string of the molecule is CC[Si](CC)(CC)O[C@H]1C[C@H](CO[Si](c2ccccc2)(c2ccccc2)C(C)(C)C)O[C@H]1C[C@H](C)C(O)C(C[C@]1(OC)CC=C[C@H](/C=C/CCO[Si](C(C)C)(C(C)C)C(C)C)O1)S(=O)(=O)c1ccccc1. The second-order valence-electron chi connectivity index (χ2n) is 22.4. The summed E-state index contributed by atoms with van der Waals surface area (Å²) < 4.78 is 71.4. The summed E-state index contributed by atoms with van der Waals surface area (Å²) in [6, 6.07) is 32.7. The number of aliphatic hydroxyl groups is 1. The summed E-state index contributed by atoms with van der Waals surface area (Å²) in [6.45, 7) is 30.3. The third-order valence-corrected chi connectivity index (χ3v) is 34.2. The first-order valence-corrected chi connectivity index (χ1v) is 35.0. The molecule has 2 aliphatic heterocycles. The van der Waals surface area contributed by atoms with Crippen molar-refractivity contribution in [3.8, 4) is 0 Å². The van der Waals surface area contributed by atoms with Crippen LogP contribution in [0, 0.1) is 5.92 Å². The van der Waals surface area contributed by atoms with Gasteiger partial charge < -0.3 is 32.6 Å². The molecule has 8 atom stereocenters. The number of rotatable bonds is 27. The van der Waals surface area contributed by atoms with E-state index in [0.29, 0.717) is 49.1 Å². The zero-order chi connectivity index (χ0) is 52.3. The molecule has 1 saturated heterocycles. The molecule has 0 amide bonds. The minimum atomic E-state index is -4.11. The van der Waals surface area contributed by atoms with E-state index >= 15 is 0 Å². The van der Waals surface area contributed by atoms with Crippen LogP contribution < -0.4 is 10.4 Å². The summed E-state index contributed by atoms with van der Waals surface area (Å²) in [5.74, 6) is -1.82. The van der Waals surface area contributed by atoms with Gasteiger partial charge in [0, 0.05) is 33.0 Å². The van der Waals surface area contributed by atoms with Crippen LogP contribution in [0.2, 0.25) is 39.8 Å². The van der Waals surface area contributed by atoms with Crippen molar-refractivity contribution in [1.82, 2.24) is 0 Å². The van der Waals surface area contributed by atoms with E-state index in [1.54, 1.807) is 37.4 Å². The Morgan fingerprint density at radius 2 is 1.34 bits per heavy atom. The van der Waals surface area contributed by atoms with Gasteiger partial charge in [0.1, 0.15) is 0 Å². The summed E-state index contributed by atoms with van der Waals surface area (Å²) in [7, 11) is -9.54. The first-order chi connectivity index (χ1) is 33.6. The number of aliphatic hydroxyl groups excluding tert-OH is 1. The molecule has 2 aliphatic rings. The Bertz CT molecular complexity index is 2140. The third-order valence-electron chi connectivity index (χ3n) is 16.2. The van der Waals surface area contributed by atoms with Crippen molar-refractivity contribution in [2.45, 2.75) is 208 Å². The molecular formula is C58H92O9SSi3. The van der Waals surface area contributed by atoms with Gasteiger partial charge in [0.15, 0.2) is 32.3 Å². The van der Waals surface area contributed by atoms with E-state index in [9.17, 15) is 13.5 Å². The quantitative estimate of drug-likeness (QED) is 0.0453. The van der Waals surface area contributed by atoms with E-state index in [1.807, 2.05) is 25.2 Å². The third kappa shape index (κ3) is 13.7. The van der Waals surface area contributed by atoms with Crippen LogP contribution in [0.1, 0.15) is 122 Å². The Morgan fingerprint density at radius 1 is 0.803 bits per heavy atom. The van der Waals surface area contributed by atoms with Crippen LogP contribution in [0.5, 0.6) is 0 Å². The van der Waals surface area contributed by atoms with Crippen molar-refractivity contribution in [2.24, 2.45) is 5.92 Å². The van der Waals surface area contributed by atoms with Crippen LogP contribution in [0.15, 0.2) is 120 Å². The molecule has 0 radical (unpaired) electrons. The Balaban J connectivity index is 1.41. The van der Waals surface area contributed by atoms with Crippen LogP contribution in [0.3, 0.4) is 0 Å². The average molecular weight is 1050 g/mol. The summed E-state index contributed by atoms with van der Waals surface area (Å²) in [6.07, 6.45) is 7.50. The topological polar surface area (TPSA) is 110 Å². The maximum absolute atomic E-state index is 14.9. The Labute approximate surface area is 433 Å². The summed E-state index contributed by atoms with van der Waals surface area (Å²) in [4.78, 5) is 0.151. The zero-order valence-electron chi connectivity index (χ0n) is 45.9. The van der Waals surface area contributed by atoms with Crippen LogP contribution >= 0.6 is 0 Å². The van der Waals surface area contributed by atoms with Gasteiger partial charge in [-0.25, -0.2) is 8.42 Å². The molecule has 2 unspecified atom stereocenters. The molecule has 0 aliphatic carbocycles. The first-order valence-electron chi connectivity index (χ1n) is 26.9. The minimum absolute atomic E-state index is 0.0761. The molecule has 5 rings (SSSR count).